The fraction of sp³-hybridized carbons (Fsp3) is 0.238. The van der Waals surface area contributed by atoms with E-state index in [1.54, 1.807) is 55.8 Å². The quantitative estimate of drug-likeness (QED) is 0.615. The Bertz CT molecular complexity index is 1080. The highest BCUT2D eigenvalue weighted by atomic mass is 35.5. The van der Waals surface area contributed by atoms with Gasteiger partial charge < -0.3 is 9.64 Å². The molecule has 1 fully saturated rings. The number of anilines is 1. The maximum Gasteiger partial charge on any atom is 0.255 e. The zero-order chi connectivity index (χ0) is 20.4. The molecule has 1 aliphatic rings. The highest BCUT2D eigenvalue weighted by Crippen LogP contribution is 2.21. The van der Waals surface area contributed by atoms with Crippen LogP contribution in [0.4, 0.5) is 5.95 Å². The normalized spacial score (nSPS) is 16.6. The number of pyridine rings is 1. The van der Waals surface area contributed by atoms with Gasteiger partial charge in [-0.1, -0.05) is 11.6 Å². The van der Waals surface area contributed by atoms with Crippen LogP contribution in [-0.4, -0.2) is 46.1 Å². The first kappa shape index (κ1) is 19.3. The second-order valence-corrected chi connectivity index (χ2v) is 7.19. The van der Waals surface area contributed by atoms with Gasteiger partial charge in [0.2, 0.25) is 5.95 Å². The van der Waals surface area contributed by atoms with E-state index in [1.165, 1.54) is 10.6 Å². The monoisotopic (exact) mass is 410 g/mol. The first-order valence-electron chi connectivity index (χ1n) is 9.18. The molecule has 0 bridgehead atoms. The van der Waals surface area contributed by atoms with E-state index in [-0.39, 0.29) is 11.3 Å². The average molecular weight is 411 g/mol. The topological polar surface area (TPSA) is 77.3 Å². The van der Waals surface area contributed by atoms with E-state index < -0.39 is 6.10 Å². The van der Waals surface area contributed by atoms with Crippen molar-refractivity contribution in [3.05, 3.63) is 75.8 Å². The highest BCUT2D eigenvalue weighted by molar-refractivity contribution is 6.30. The number of hydrogen-bond acceptors (Lipinski definition) is 6. The molecule has 4 rings (SSSR count). The summed E-state index contributed by atoms with van der Waals surface area (Å²) in [6.07, 6.45) is 2.67. The van der Waals surface area contributed by atoms with Crippen molar-refractivity contribution in [2.75, 3.05) is 24.6 Å². The molecular formula is C21H19ClN4O3. The number of carbonyl (C=O) groups excluding carboxylic acids is 1. The average Bonchev–Trinajstić information content (AvgIpc) is 2.76. The molecule has 0 radical (unpaired) electrons. The molecule has 29 heavy (non-hydrogen) atoms. The summed E-state index contributed by atoms with van der Waals surface area (Å²) in [6, 6.07) is 11.8. The molecule has 148 valence electrons. The van der Waals surface area contributed by atoms with Gasteiger partial charge >= 0.3 is 0 Å². The standard InChI is InChI=1S/C21H19ClN4O3/c1-25-19(27)12-17(14-6-8-23-9-7-14)24-21(25)26-10-11-29-18(13-26)20(28)15-2-4-16(22)5-3-15/h2-9,12,18H,10-11,13H2,1H3. The van der Waals surface area contributed by atoms with Crippen LogP contribution in [0, 0.1) is 0 Å². The Balaban J connectivity index is 1.63. The van der Waals surface area contributed by atoms with Gasteiger partial charge in [-0.15, -0.1) is 0 Å². The summed E-state index contributed by atoms with van der Waals surface area (Å²) in [4.78, 5) is 35.9. The van der Waals surface area contributed by atoms with Gasteiger partial charge in [0.15, 0.2) is 5.78 Å². The number of benzene rings is 1. The first-order valence-corrected chi connectivity index (χ1v) is 9.55. The summed E-state index contributed by atoms with van der Waals surface area (Å²) < 4.78 is 7.20. The Morgan fingerprint density at radius 3 is 2.62 bits per heavy atom. The van der Waals surface area contributed by atoms with Gasteiger partial charge in [0.25, 0.3) is 5.56 Å². The molecule has 1 saturated heterocycles. The zero-order valence-corrected chi connectivity index (χ0v) is 16.5. The minimum atomic E-state index is -0.647. The van der Waals surface area contributed by atoms with Crippen molar-refractivity contribution in [1.82, 2.24) is 14.5 Å². The number of ether oxygens (including phenoxy) is 1. The molecule has 0 N–H and O–H groups in total. The highest BCUT2D eigenvalue weighted by Gasteiger charge is 2.29. The number of morpholine rings is 1. The largest absolute Gasteiger partial charge is 0.366 e. The van der Waals surface area contributed by atoms with E-state index >= 15 is 0 Å². The van der Waals surface area contributed by atoms with Crippen LogP contribution in [0.1, 0.15) is 10.4 Å². The van der Waals surface area contributed by atoms with Crippen molar-refractivity contribution in [3.8, 4) is 11.3 Å². The minimum absolute atomic E-state index is 0.123. The summed E-state index contributed by atoms with van der Waals surface area (Å²) in [5, 5.41) is 0.569. The maximum atomic E-state index is 12.8. The first-order chi connectivity index (χ1) is 14.0. The van der Waals surface area contributed by atoms with E-state index in [0.717, 1.165) is 5.56 Å². The van der Waals surface area contributed by atoms with Crippen molar-refractivity contribution in [2.24, 2.45) is 7.05 Å². The van der Waals surface area contributed by atoms with Crippen molar-refractivity contribution >= 4 is 23.3 Å². The third-order valence-electron chi connectivity index (χ3n) is 4.86. The molecule has 0 aliphatic carbocycles. The molecule has 0 spiro atoms. The third kappa shape index (κ3) is 4.06. The minimum Gasteiger partial charge on any atom is -0.366 e. The lowest BCUT2D eigenvalue weighted by atomic mass is 10.1. The van der Waals surface area contributed by atoms with Gasteiger partial charge in [-0.05, 0) is 36.4 Å². The van der Waals surface area contributed by atoms with Crippen molar-refractivity contribution in [2.45, 2.75) is 6.10 Å². The summed E-state index contributed by atoms with van der Waals surface area (Å²) in [7, 11) is 1.67. The predicted octanol–water partition coefficient (Wildman–Crippen LogP) is 2.58. The van der Waals surface area contributed by atoms with Gasteiger partial charge in [-0.2, -0.15) is 0 Å². The van der Waals surface area contributed by atoms with Gasteiger partial charge in [0.1, 0.15) is 6.10 Å². The lowest BCUT2D eigenvalue weighted by molar-refractivity contribution is 0.0337. The van der Waals surface area contributed by atoms with Crippen LogP contribution in [0.25, 0.3) is 11.3 Å². The van der Waals surface area contributed by atoms with Crippen LogP contribution in [0.3, 0.4) is 0 Å². The third-order valence-corrected chi connectivity index (χ3v) is 5.11. The van der Waals surface area contributed by atoms with Crippen molar-refractivity contribution < 1.29 is 9.53 Å². The molecule has 0 amide bonds. The molecule has 0 saturated carbocycles. The number of hydrogen-bond donors (Lipinski definition) is 0. The van der Waals surface area contributed by atoms with Gasteiger partial charge in [-0.3, -0.25) is 19.1 Å². The molecule has 1 aromatic carbocycles. The van der Waals surface area contributed by atoms with E-state index in [1.807, 2.05) is 4.90 Å². The summed E-state index contributed by atoms with van der Waals surface area (Å²) in [5.41, 5.74) is 1.74. The number of halogens is 1. The van der Waals surface area contributed by atoms with Crippen LogP contribution < -0.4 is 10.5 Å². The maximum absolute atomic E-state index is 12.8. The summed E-state index contributed by atoms with van der Waals surface area (Å²) in [6.45, 7) is 1.20. The van der Waals surface area contributed by atoms with Crippen LogP contribution in [0.2, 0.25) is 5.02 Å². The van der Waals surface area contributed by atoms with Gasteiger partial charge in [0.05, 0.1) is 18.8 Å². The molecule has 8 heteroatoms. The number of Topliss-reactive ketones (excluding diaryl/α,β-unsaturated/α-hetero) is 1. The Morgan fingerprint density at radius 2 is 1.90 bits per heavy atom. The molecule has 3 heterocycles. The van der Waals surface area contributed by atoms with Crippen LogP contribution in [0.5, 0.6) is 0 Å². The van der Waals surface area contributed by atoms with Gasteiger partial charge in [0, 0.05) is 48.2 Å². The number of rotatable bonds is 4. The van der Waals surface area contributed by atoms with E-state index in [4.69, 9.17) is 16.3 Å². The number of carbonyl (C=O) groups is 1. The Kier molecular flexibility index (Phi) is 5.42. The van der Waals surface area contributed by atoms with Gasteiger partial charge in [-0.25, -0.2) is 4.98 Å². The zero-order valence-electron chi connectivity index (χ0n) is 15.8. The molecule has 2 aromatic heterocycles. The number of aromatic nitrogens is 3. The van der Waals surface area contributed by atoms with Crippen molar-refractivity contribution in [1.29, 1.82) is 0 Å². The SMILES string of the molecule is Cn1c(N2CCOC(C(=O)c3ccc(Cl)cc3)C2)nc(-c2ccncc2)cc1=O. The van der Waals surface area contributed by atoms with Crippen LogP contribution >= 0.6 is 11.6 Å². The van der Waals surface area contributed by atoms with E-state index in [9.17, 15) is 9.59 Å². The lowest BCUT2D eigenvalue weighted by Gasteiger charge is -2.33. The predicted molar refractivity (Wildman–Crippen MR) is 110 cm³/mol. The molecule has 1 atom stereocenters. The fourth-order valence-corrected chi connectivity index (χ4v) is 3.40. The number of nitrogens with zero attached hydrogens (tertiary/aromatic N) is 4. The fourth-order valence-electron chi connectivity index (χ4n) is 3.27. The van der Waals surface area contributed by atoms with Crippen molar-refractivity contribution in [3.63, 3.8) is 0 Å². The molecular weight excluding hydrogens is 392 g/mol. The Morgan fingerprint density at radius 1 is 1.17 bits per heavy atom. The second-order valence-electron chi connectivity index (χ2n) is 6.75. The Hall–Kier alpha value is -3.03. The molecule has 7 nitrogen and oxygen atoms in total. The smallest absolute Gasteiger partial charge is 0.255 e. The lowest BCUT2D eigenvalue weighted by Crippen LogP contribution is -2.48. The van der Waals surface area contributed by atoms with Crippen LogP contribution in [-0.2, 0) is 11.8 Å². The summed E-state index contributed by atoms with van der Waals surface area (Å²) in [5.74, 6) is 0.378. The van der Waals surface area contributed by atoms with Crippen LogP contribution in [0.15, 0.2) is 59.7 Å². The second kappa shape index (κ2) is 8.14. The molecule has 1 unspecified atom stereocenters. The Labute approximate surface area is 172 Å². The molecule has 1 aliphatic heterocycles. The molecule has 3 aromatic rings. The summed E-state index contributed by atoms with van der Waals surface area (Å²) >= 11 is 5.91. The van der Waals surface area contributed by atoms with E-state index in [2.05, 4.69) is 9.97 Å². The number of ketones is 1. The van der Waals surface area contributed by atoms with E-state index in [0.29, 0.717) is 41.9 Å².